The molecule has 1 aliphatic heterocycles. The molecule has 2 heterocycles. The van der Waals surface area contributed by atoms with Gasteiger partial charge in [0.05, 0.1) is 24.9 Å². The molecule has 4 rings (SSSR count). The summed E-state index contributed by atoms with van der Waals surface area (Å²) in [6, 6.07) is 12.4. The van der Waals surface area contributed by atoms with Gasteiger partial charge in [-0.15, -0.1) is 10.2 Å². The van der Waals surface area contributed by atoms with Crippen molar-refractivity contribution in [1.82, 2.24) is 15.5 Å². The number of alkyl halides is 2. The average Bonchev–Trinajstić information content (AvgIpc) is 2.92. The van der Waals surface area contributed by atoms with Crippen molar-refractivity contribution in [2.75, 3.05) is 25.1 Å². The predicted octanol–water partition coefficient (Wildman–Crippen LogP) is 3.68. The zero-order chi connectivity index (χ0) is 26.6. The SMILES string of the molecule is COc1cc(F)c(-c2cc(CO)c(N3CCCC(NCc4ccccc4)(C(O)C(F)F)C3)nn2)cc1F. The van der Waals surface area contributed by atoms with Crippen molar-refractivity contribution < 1.29 is 32.5 Å². The van der Waals surface area contributed by atoms with Gasteiger partial charge in [0.25, 0.3) is 6.43 Å². The standard InChI is InChI=1S/C26H28F4N4O3/c1-37-22-12-19(27)18(11-20(22)28)21-10-17(14-35)25(33-32-21)34-9-5-8-26(15-34,23(36)24(29)30)31-13-16-6-3-2-4-7-16/h2-4,6-7,10-12,23-24,31,35-36H,5,8-9,13-15H2,1H3. The molecule has 0 amide bonds. The Morgan fingerprint density at radius 3 is 2.54 bits per heavy atom. The number of methoxy groups -OCH3 is 1. The third-order valence-corrected chi connectivity index (χ3v) is 6.65. The largest absolute Gasteiger partial charge is 0.494 e. The van der Waals surface area contributed by atoms with E-state index >= 15 is 0 Å². The van der Waals surface area contributed by atoms with Crippen LogP contribution in [0.15, 0.2) is 48.5 Å². The molecule has 0 bridgehead atoms. The number of hydrogen-bond donors (Lipinski definition) is 3. The zero-order valence-electron chi connectivity index (χ0n) is 20.2. The van der Waals surface area contributed by atoms with Gasteiger partial charge in [0.1, 0.15) is 11.9 Å². The Bertz CT molecular complexity index is 1220. The molecule has 1 aliphatic rings. The first-order chi connectivity index (χ1) is 17.8. The van der Waals surface area contributed by atoms with Crippen LogP contribution in [0.2, 0.25) is 0 Å². The number of ether oxygens (including phenoxy) is 1. The molecule has 0 radical (unpaired) electrons. The molecule has 7 nitrogen and oxygen atoms in total. The summed E-state index contributed by atoms with van der Waals surface area (Å²) < 4.78 is 61.1. The number of aliphatic hydroxyl groups excluding tert-OH is 2. The van der Waals surface area contributed by atoms with Gasteiger partial charge in [-0.1, -0.05) is 30.3 Å². The Balaban J connectivity index is 1.64. The third-order valence-electron chi connectivity index (χ3n) is 6.65. The Hall–Kier alpha value is -3.28. The summed E-state index contributed by atoms with van der Waals surface area (Å²) in [5, 5.41) is 31.9. The summed E-state index contributed by atoms with van der Waals surface area (Å²) >= 11 is 0. The van der Waals surface area contributed by atoms with Crippen LogP contribution in [0, 0.1) is 11.6 Å². The van der Waals surface area contributed by atoms with Crippen molar-refractivity contribution in [3.8, 4) is 17.0 Å². The molecule has 0 spiro atoms. The van der Waals surface area contributed by atoms with Crippen LogP contribution in [0.4, 0.5) is 23.4 Å². The van der Waals surface area contributed by atoms with E-state index in [1.807, 2.05) is 30.3 Å². The lowest BCUT2D eigenvalue weighted by atomic mass is 9.83. The molecule has 1 fully saturated rings. The lowest BCUT2D eigenvalue weighted by molar-refractivity contribution is -0.0658. The minimum atomic E-state index is -2.98. The van der Waals surface area contributed by atoms with Crippen molar-refractivity contribution in [2.24, 2.45) is 0 Å². The molecule has 1 saturated heterocycles. The Labute approximate surface area is 211 Å². The molecule has 198 valence electrons. The Morgan fingerprint density at radius 2 is 1.86 bits per heavy atom. The number of nitrogens with zero attached hydrogens (tertiary/aromatic N) is 3. The molecular weight excluding hydrogens is 492 g/mol. The van der Waals surface area contributed by atoms with Crippen LogP contribution < -0.4 is 15.0 Å². The molecule has 11 heteroatoms. The fourth-order valence-corrected chi connectivity index (χ4v) is 4.69. The quantitative estimate of drug-likeness (QED) is 0.371. The maximum atomic E-state index is 14.6. The lowest BCUT2D eigenvalue weighted by Gasteiger charge is -2.46. The van der Waals surface area contributed by atoms with Crippen molar-refractivity contribution in [3.05, 3.63) is 71.3 Å². The predicted molar refractivity (Wildman–Crippen MR) is 129 cm³/mol. The number of halogens is 4. The fourth-order valence-electron chi connectivity index (χ4n) is 4.69. The van der Waals surface area contributed by atoms with E-state index < -0.39 is 36.3 Å². The maximum Gasteiger partial charge on any atom is 0.265 e. The van der Waals surface area contributed by atoms with Crippen LogP contribution in [0.3, 0.4) is 0 Å². The third kappa shape index (κ3) is 5.68. The number of hydrogen-bond acceptors (Lipinski definition) is 7. The van der Waals surface area contributed by atoms with E-state index in [4.69, 9.17) is 4.74 Å². The van der Waals surface area contributed by atoms with Crippen LogP contribution in [0.25, 0.3) is 11.3 Å². The highest BCUT2D eigenvalue weighted by atomic mass is 19.3. The van der Waals surface area contributed by atoms with Crippen molar-refractivity contribution >= 4 is 5.82 Å². The number of piperidine rings is 1. The normalized spacial score (nSPS) is 18.8. The summed E-state index contributed by atoms with van der Waals surface area (Å²) in [4.78, 5) is 1.67. The molecule has 1 aromatic heterocycles. The fraction of sp³-hybridized carbons (Fsp3) is 0.385. The zero-order valence-corrected chi connectivity index (χ0v) is 20.2. The lowest BCUT2D eigenvalue weighted by Crippen LogP contribution is -2.65. The van der Waals surface area contributed by atoms with Crippen molar-refractivity contribution in [3.63, 3.8) is 0 Å². The van der Waals surface area contributed by atoms with Gasteiger partial charge in [0, 0.05) is 36.8 Å². The highest BCUT2D eigenvalue weighted by Crippen LogP contribution is 2.34. The van der Waals surface area contributed by atoms with E-state index in [-0.39, 0.29) is 47.9 Å². The Morgan fingerprint density at radius 1 is 1.11 bits per heavy atom. The van der Waals surface area contributed by atoms with Crippen LogP contribution in [-0.4, -0.2) is 58.7 Å². The van der Waals surface area contributed by atoms with Gasteiger partial charge in [-0.3, -0.25) is 0 Å². The average molecular weight is 521 g/mol. The molecule has 3 aromatic rings. The molecular formula is C26H28F4N4O3. The number of nitrogens with one attached hydrogen (secondary N) is 1. The first-order valence-electron chi connectivity index (χ1n) is 11.8. The van der Waals surface area contributed by atoms with E-state index in [0.717, 1.165) is 17.7 Å². The summed E-state index contributed by atoms with van der Waals surface area (Å²) in [5.74, 6) is -1.63. The Kier molecular flexibility index (Phi) is 8.25. The number of benzene rings is 2. The molecule has 37 heavy (non-hydrogen) atoms. The number of anilines is 1. The van der Waals surface area contributed by atoms with Gasteiger partial charge in [0.15, 0.2) is 17.4 Å². The second kappa shape index (κ2) is 11.4. The van der Waals surface area contributed by atoms with Crippen LogP contribution >= 0.6 is 0 Å². The summed E-state index contributed by atoms with van der Waals surface area (Å²) in [5.41, 5.74) is -0.413. The number of rotatable bonds is 9. The van der Waals surface area contributed by atoms with E-state index in [1.54, 1.807) is 4.90 Å². The highest BCUT2D eigenvalue weighted by Gasteiger charge is 2.46. The summed E-state index contributed by atoms with van der Waals surface area (Å²) in [6.07, 6.45) is -4.20. The van der Waals surface area contributed by atoms with Gasteiger partial charge in [-0.25, -0.2) is 17.6 Å². The first kappa shape index (κ1) is 26.8. The molecule has 0 aliphatic carbocycles. The van der Waals surface area contributed by atoms with E-state index in [1.165, 1.54) is 13.2 Å². The molecule has 2 aromatic carbocycles. The second-order valence-electron chi connectivity index (χ2n) is 9.00. The molecule has 0 saturated carbocycles. The van der Waals surface area contributed by atoms with E-state index in [0.29, 0.717) is 13.0 Å². The summed E-state index contributed by atoms with van der Waals surface area (Å²) in [6.45, 7) is 0.143. The van der Waals surface area contributed by atoms with Crippen molar-refractivity contribution in [2.45, 2.75) is 44.1 Å². The highest BCUT2D eigenvalue weighted by molar-refractivity contribution is 5.64. The molecule has 2 unspecified atom stereocenters. The van der Waals surface area contributed by atoms with Crippen molar-refractivity contribution in [1.29, 1.82) is 0 Å². The van der Waals surface area contributed by atoms with E-state index in [2.05, 4.69) is 15.5 Å². The first-order valence-corrected chi connectivity index (χ1v) is 11.8. The van der Waals surface area contributed by atoms with Crippen LogP contribution in [-0.2, 0) is 13.2 Å². The number of aromatic nitrogens is 2. The van der Waals surface area contributed by atoms with Gasteiger partial charge >= 0.3 is 0 Å². The minimum absolute atomic E-state index is 0.00931. The van der Waals surface area contributed by atoms with Gasteiger partial charge in [-0.2, -0.15) is 0 Å². The molecule has 2 atom stereocenters. The second-order valence-corrected chi connectivity index (χ2v) is 9.00. The van der Waals surface area contributed by atoms with E-state index in [9.17, 15) is 27.8 Å². The smallest absolute Gasteiger partial charge is 0.265 e. The van der Waals surface area contributed by atoms with Gasteiger partial charge in [0.2, 0.25) is 0 Å². The number of aliphatic hydroxyl groups is 2. The summed E-state index contributed by atoms with van der Waals surface area (Å²) in [7, 11) is 1.22. The van der Waals surface area contributed by atoms with Crippen LogP contribution in [0.5, 0.6) is 5.75 Å². The topological polar surface area (TPSA) is 90.7 Å². The maximum absolute atomic E-state index is 14.6. The van der Waals surface area contributed by atoms with Gasteiger partial charge in [-0.05, 0) is 30.5 Å². The minimum Gasteiger partial charge on any atom is -0.494 e. The monoisotopic (exact) mass is 520 g/mol. The van der Waals surface area contributed by atoms with Crippen LogP contribution in [0.1, 0.15) is 24.0 Å². The van der Waals surface area contributed by atoms with Gasteiger partial charge < -0.3 is 25.2 Å². The molecule has 3 N–H and O–H groups in total.